The number of rotatable bonds is 3. The smallest absolute Gasteiger partial charge is 0.307 e. The number of aromatic nitrogens is 1. The quantitative estimate of drug-likeness (QED) is 0.760. The van der Waals surface area contributed by atoms with Crippen LogP contribution in [-0.2, 0) is 11.2 Å². The molecule has 0 atom stereocenters. The Labute approximate surface area is 138 Å². The van der Waals surface area contributed by atoms with Crippen molar-refractivity contribution in [3.63, 3.8) is 0 Å². The second-order valence-electron chi connectivity index (χ2n) is 5.43. The lowest BCUT2D eigenvalue weighted by molar-refractivity contribution is -0.136. The molecule has 0 aliphatic heterocycles. The number of benzene rings is 2. The number of carboxylic acids is 1. The van der Waals surface area contributed by atoms with Crippen LogP contribution in [0.15, 0.2) is 42.5 Å². The summed E-state index contributed by atoms with van der Waals surface area (Å²) in [5.41, 5.74) is 9.96. The number of hydrogen-bond donors (Lipinski definition) is 2. The van der Waals surface area contributed by atoms with E-state index < -0.39 is 5.97 Å². The first-order valence-corrected chi connectivity index (χ1v) is 7.50. The van der Waals surface area contributed by atoms with Crippen molar-refractivity contribution in [2.45, 2.75) is 13.3 Å². The van der Waals surface area contributed by atoms with Crippen molar-refractivity contribution in [1.29, 1.82) is 0 Å². The number of carboxylic acid groups (broad SMARTS) is 1. The van der Waals surface area contributed by atoms with E-state index in [1.807, 2.05) is 31.2 Å². The van der Waals surface area contributed by atoms with E-state index in [9.17, 15) is 9.90 Å². The lowest BCUT2D eigenvalue weighted by atomic mass is 9.90. The molecule has 3 rings (SSSR count). The summed E-state index contributed by atoms with van der Waals surface area (Å²) in [4.78, 5) is 15.7. The molecule has 0 bridgehead atoms. The lowest BCUT2D eigenvalue weighted by Gasteiger charge is -2.15. The Hall–Kier alpha value is -2.59. The molecule has 5 heteroatoms. The van der Waals surface area contributed by atoms with E-state index in [2.05, 4.69) is 4.98 Å². The van der Waals surface area contributed by atoms with Gasteiger partial charge in [-0.15, -0.1) is 0 Å². The van der Waals surface area contributed by atoms with Gasteiger partial charge in [0.2, 0.25) is 0 Å². The second-order valence-corrected chi connectivity index (χ2v) is 5.86. The highest BCUT2D eigenvalue weighted by molar-refractivity contribution is 6.30. The molecule has 4 nitrogen and oxygen atoms in total. The van der Waals surface area contributed by atoms with Crippen molar-refractivity contribution >= 4 is 34.3 Å². The third-order valence-corrected chi connectivity index (χ3v) is 4.06. The molecule has 1 heterocycles. The highest BCUT2D eigenvalue weighted by atomic mass is 35.5. The molecule has 0 amide bonds. The van der Waals surface area contributed by atoms with Gasteiger partial charge in [0.25, 0.3) is 0 Å². The van der Waals surface area contributed by atoms with Crippen LogP contribution in [0, 0.1) is 6.92 Å². The minimum absolute atomic E-state index is 0.0515. The van der Waals surface area contributed by atoms with E-state index in [0.29, 0.717) is 10.8 Å². The highest BCUT2D eigenvalue weighted by Crippen LogP contribution is 2.35. The molecule has 3 aromatic rings. The van der Waals surface area contributed by atoms with Crippen LogP contribution >= 0.6 is 11.6 Å². The maximum absolute atomic E-state index is 11.3. The molecule has 3 N–H and O–H groups in total. The summed E-state index contributed by atoms with van der Waals surface area (Å²) in [6.07, 6.45) is -0.0515. The number of aryl methyl sites for hydroxylation is 1. The van der Waals surface area contributed by atoms with Crippen molar-refractivity contribution in [1.82, 2.24) is 4.98 Å². The number of pyridine rings is 1. The van der Waals surface area contributed by atoms with Crippen molar-refractivity contribution < 1.29 is 9.90 Å². The van der Waals surface area contributed by atoms with Crippen LogP contribution in [0.4, 0.5) is 5.82 Å². The van der Waals surface area contributed by atoms with Gasteiger partial charge in [-0.1, -0.05) is 23.7 Å². The minimum Gasteiger partial charge on any atom is -0.481 e. The van der Waals surface area contributed by atoms with Crippen molar-refractivity contribution in [2.24, 2.45) is 0 Å². The lowest BCUT2D eigenvalue weighted by Crippen LogP contribution is -2.05. The Bertz CT molecular complexity index is 905. The third kappa shape index (κ3) is 2.98. The largest absolute Gasteiger partial charge is 0.481 e. The molecule has 116 valence electrons. The number of nitrogens with zero attached hydrogens (tertiary/aromatic N) is 1. The maximum Gasteiger partial charge on any atom is 0.307 e. The average molecular weight is 327 g/mol. The zero-order valence-corrected chi connectivity index (χ0v) is 13.3. The number of carbonyl (C=O) groups is 1. The Morgan fingerprint density at radius 3 is 2.57 bits per heavy atom. The summed E-state index contributed by atoms with van der Waals surface area (Å²) in [7, 11) is 0. The molecule has 0 saturated heterocycles. The van der Waals surface area contributed by atoms with Gasteiger partial charge in [-0.3, -0.25) is 4.79 Å². The molecule has 0 aliphatic carbocycles. The van der Waals surface area contributed by atoms with Crippen LogP contribution < -0.4 is 5.73 Å². The Kier molecular flexibility index (Phi) is 3.92. The van der Waals surface area contributed by atoms with E-state index in [1.165, 1.54) is 0 Å². The summed E-state index contributed by atoms with van der Waals surface area (Å²) >= 11 is 5.97. The number of hydrogen-bond acceptors (Lipinski definition) is 3. The van der Waals surface area contributed by atoms with Crippen molar-refractivity contribution in [2.75, 3.05) is 5.73 Å². The van der Waals surface area contributed by atoms with Gasteiger partial charge in [0, 0.05) is 10.4 Å². The molecule has 0 saturated carbocycles. The molecule has 0 fully saturated rings. The van der Waals surface area contributed by atoms with Gasteiger partial charge < -0.3 is 10.8 Å². The van der Waals surface area contributed by atoms with E-state index >= 15 is 0 Å². The molecule has 23 heavy (non-hydrogen) atoms. The molecule has 1 aromatic heterocycles. The Morgan fingerprint density at radius 1 is 1.22 bits per heavy atom. The molecule has 0 aliphatic rings. The predicted molar refractivity (Wildman–Crippen MR) is 92.7 cm³/mol. The van der Waals surface area contributed by atoms with E-state index in [0.717, 1.165) is 33.2 Å². The minimum atomic E-state index is -0.869. The van der Waals surface area contributed by atoms with Crippen LogP contribution in [0.5, 0.6) is 0 Å². The van der Waals surface area contributed by atoms with Gasteiger partial charge in [0.05, 0.1) is 11.9 Å². The molecular weight excluding hydrogens is 312 g/mol. The Balaban J connectivity index is 2.37. The van der Waals surface area contributed by atoms with Gasteiger partial charge in [0.15, 0.2) is 0 Å². The van der Waals surface area contributed by atoms with Crippen molar-refractivity contribution in [3.05, 3.63) is 58.6 Å². The van der Waals surface area contributed by atoms with E-state index in [1.54, 1.807) is 18.2 Å². The standard InChI is InChI=1S/C18H15ClN2O2/c1-10-8-15-13(6-7-16(20)21-15)18(14(10)9-17(22)23)11-2-4-12(19)5-3-11/h2-8H,9H2,1H3,(H2,20,21)(H,22,23). The molecular formula is C18H15ClN2O2. The molecule has 2 aromatic carbocycles. The van der Waals surface area contributed by atoms with Crippen LogP contribution in [0.3, 0.4) is 0 Å². The molecule has 0 radical (unpaired) electrons. The van der Waals surface area contributed by atoms with Crippen molar-refractivity contribution in [3.8, 4) is 11.1 Å². The SMILES string of the molecule is Cc1cc2nc(N)ccc2c(-c2ccc(Cl)cc2)c1CC(=O)O. The van der Waals surface area contributed by atoms with E-state index in [-0.39, 0.29) is 6.42 Å². The van der Waals surface area contributed by atoms with Crippen LogP contribution in [0.1, 0.15) is 11.1 Å². The fourth-order valence-electron chi connectivity index (χ4n) is 2.79. The zero-order chi connectivity index (χ0) is 16.6. The zero-order valence-electron chi connectivity index (χ0n) is 12.5. The second kappa shape index (κ2) is 5.89. The first kappa shape index (κ1) is 15.3. The van der Waals surface area contributed by atoms with Gasteiger partial charge in [0.1, 0.15) is 5.82 Å². The van der Waals surface area contributed by atoms with Crippen LogP contribution in [0.2, 0.25) is 5.02 Å². The summed E-state index contributed by atoms with van der Waals surface area (Å²) in [5, 5.41) is 10.8. The monoisotopic (exact) mass is 326 g/mol. The number of nitrogen functional groups attached to an aromatic ring is 1. The maximum atomic E-state index is 11.3. The summed E-state index contributed by atoms with van der Waals surface area (Å²) in [6, 6.07) is 12.8. The van der Waals surface area contributed by atoms with Crippen LogP contribution in [0.25, 0.3) is 22.0 Å². The fraction of sp³-hybridized carbons (Fsp3) is 0.111. The molecule has 0 spiro atoms. The Morgan fingerprint density at radius 2 is 1.91 bits per heavy atom. The van der Waals surface area contributed by atoms with Gasteiger partial charge in [-0.25, -0.2) is 4.98 Å². The number of fused-ring (bicyclic) bond motifs is 1. The van der Waals surface area contributed by atoms with Crippen LogP contribution in [-0.4, -0.2) is 16.1 Å². The first-order valence-electron chi connectivity index (χ1n) is 7.12. The first-order chi connectivity index (χ1) is 11.0. The van der Waals surface area contributed by atoms with Gasteiger partial charge in [-0.2, -0.15) is 0 Å². The summed E-state index contributed by atoms with van der Waals surface area (Å²) in [6.45, 7) is 1.89. The normalized spacial score (nSPS) is 10.9. The number of anilines is 1. The fourth-order valence-corrected chi connectivity index (χ4v) is 2.92. The summed E-state index contributed by atoms with van der Waals surface area (Å²) in [5.74, 6) is -0.434. The number of nitrogens with two attached hydrogens (primary N) is 1. The summed E-state index contributed by atoms with van der Waals surface area (Å²) < 4.78 is 0. The van der Waals surface area contributed by atoms with Gasteiger partial charge in [-0.05, 0) is 59.5 Å². The number of halogens is 1. The number of aliphatic carboxylic acids is 1. The predicted octanol–water partition coefficient (Wildman–Crippen LogP) is 4.07. The third-order valence-electron chi connectivity index (χ3n) is 3.81. The van der Waals surface area contributed by atoms with Gasteiger partial charge >= 0.3 is 5.97 Å². The topological polar surface area (TPSA) is 76.2 Å². The van der Waals surface area contributed by atoms with E-state index in [4.69, 9.17) is 17.3 Å². The molecule has 0 unspecified atom stereocenters. The average Bonchev–Trinajstić information content (AvgIpc) is 2.49. The highest BCUT2D eigenvalue weighted by Gasteiger charge is 2.16.